The highest BCUT2D eigenvalue weighted by Gasteiger charge is 2.34. The highest BCUT2D eigenvalue weighted by Crippen LogP contribution is 2.36. The number of hydrogen-bond donors (Lipinski definition) is 2. The van der Waals surface area contributed by atoms with Crippen LogP contribution in [0.3, 0.4) is 0 Å². The van der Waals surface area contributed by atoms with Gasteiger partial charge in [0.1, 0.15) is 16.9 Å². The Morgan fingerprint density at radius 2 is 1.91 bits per heavy atom. The zero-order valence-corrected chi connectivity index (χ0v) is 17.6. The number of halogens is 3. The number of benzene rings is 2. The Bertz CT molecular complexity index is 1200. The van der Waals surface area contributed by atoms with Gasteiger partial charge in [0.15, 0.2) is 0 Å². The first-order valence-electron chi connectivity index (χ1n) is 10.1. The van der Waals surface area contributed by atoms with Gasteiger partial charge in [-0.25, -0.2) is 4.79 Å². The van der Waals surface area contributed by atoms with Crippen LogP contribution in [0.15, 0.2) is 45.6 Å². The minimum absolute atomic E-state index is 0.0879. The molecular weight excluding hydrogens is 425 g/mol. The number of hydrogen-bond acceptors (Lipinski definition) is 5. The molecule has 0 spiro atoms. The van der Waals surface area contributed by atoms with Crippen LogP contribution in [-0.4, -0.2) is 12.5 Å². The van der Waals surface area contributed by atoms with E-state index < -0.39 is 34.5 Å². The van der Waals surface area contributed by atoms with Crippen molar-refractivity contribution in [3.63, 3.8) is 0 Å². The molecule has 3 rings (SSSR count). The molecule has 0 bridgehead atoms. The number of carbonyl (C=O) groups is 1. The van der Waals surface area contributed by atoms with Crippen molar-refractivity contribution in [1.82, 2.24) is 0 Å². The van der Waals surface area contributed by atoms with Crippen molar-refractivity contribution in [2.24, 2.45) is 5.73 Å². The lowest BCUT2D eigenvalue weighted by atomic mass is 10.0. The molecule has 170 valence electrons. The average Bonchev–Trinajstić information content (AvgIpc) is 2.74. The van der Waals surface area contributed by atoms with Gasteiger partial charge in [-0.15, -0.1) is 0 Å². The van der Waals surface area contributed by atoms with Gasteiger partial charge in [0, 0.05) is 17.5 Å². The Labute approximate surface area is 182 Å². The van der Waals surface area contributed by atoms with E-state index in [9.17, 15) is 22.8 Å². The van der Waals surface area contributed by atoms with Gasteiger partial charge in [-0.05, 0) is 49.2 Å². The van der Waals surface area contributed by atoms with E-state index in [0.717, 1.165) is 18.6 Å². The SMILES string of the molecule is CCCc1c(OCC)ccc2cc(C(=O)Nc3ccc(CN)cc3C(F)(F)F)c(=O)oc12. The third kappa shape index (κ3) is 4.77. The van der Waals surface area contributed by atoms with E-state index in [0.29, 0.717) is 35.3 Å². The lowest BCUT2D eigenvalue weighted by Gasteiger charge is -2.15. The fourth-order valence-corrected chi connectivity index (χ4v) is 3.41. The second-order valence-corrected chi connectivity index (χ2v) is 7.13. The summed E-state index contributed by atoms with van der Waals surface area (Å²) in [5.74, 6) is -0.422. The van der Waals surface area contributed by atoms with Crippen molar-refractivity contribution in [3.05, 3.63) is 69.1 Å². The number of rotatable bonds is 7. The van der Waals surface area contributed by atoms with Crippen LogP contribution in [-0.2, 0) is 19.1 Å². The lowest BCUT2D eigenvalue weighted by molar-refractivity contribution is -0.137. The highest BCUT2D eigenvalue weighted by molar-refractivity contribution is 6.06. The maximum atomic E-state index is 13.4. The lowest BCUT2D eigenvalue weighted by Crippen LogP contribution is -2.23. The van der Waals surface area contributed by atoms with Gasteiger partial charge in [0.25, 0.3) is 5.91 Å². The summed E-state index contributed by atoms with van der Waals surface area (Å²) in [5.41, 5.74) is 3.80. The summed E-state index contributed by atoms with van der Waals surface area (Å²) >= 11 is 0. The largest absolute Gasteiger partial charge is 0.493 e. The normalized spacial score (nSPS) is 11.6. The summed E-state index contributed by atoms with van der Waals surface area (Å²) in [6.45, 7) is 4.13. The average molecular weight is 448 g/mol. The predicted molar refractivity (Wildman–Crippen MR) is 115 cm³/mol. The van der Waals surface area contributed by atoms with Crippen molar-refractivity contribution >= 4 is 22.6 Å². The van der Waals surface area contributed by atoms with Crippen molar-refractivity contribution in [2.75, 3.05) is 11.9 Å². The predicted octanol–water partition coefficient (Wildman–Crippen LogP) is 4.87. The van der Waals surface area contributed by atoms with Crippen molar-refractivity contribution in [2.45, 2.75) is 39.4 Å². The van der Waals surface area contributed by atoms with Gasteiger partial charge in [0.2, 0.25) is 0 Å². The molecule has 0 aliphatic heterocycles. The number of fused-ring (bicyclic) bond motifs is 1. The first-order chi connectivity index (χ1) is 15.2. The first kappa shape index (κ1) is 23.3. The molecule has 0 aliphatic carbocycles. The summed E-state index contributed by atoms with van der Waals surface area (Å²) in [6, 6.07) is 8.01. The van der Waals surface area contributed by atoms with Crippen LogP contribution in [0.4, 0.5) is 18.9 Å². The van der Waals surface area contributed by atoms with Crippen molar-refractivity contribution in [1.29, 1.82) is 0 Å². The van der Waals surface area contributed by atoms with Crippen LogP contribution in [0.5, 0.6) is 5.75 Å². The Kier molecular flexibility index (Phi) is 6.88. The van der Waals surface area contributed by atoms with E-state index >= 15 is 0 Å². The van der Waals surface area contributed by atoms with Crippen LogP contribution >= 0.6 is 0 Å². The Hall–Kier alpha value is -3.33. The van der Waals surface area contributed by atoms with E-state index in [4.69, 9.17) is 14.9 Å². The molecule has 0 saturated heterocycles. The molecule has 1 amide bonds. The number of nitrogens with one attached hydrogen (secondary N) is 1. The van der Waals surface area contributed by atoms with Gasteiger partial charge in [-0.2, -0.15) is 13.2 Å². The molecule has 6 nitrogen and oxygen atoms in total. The fraction of sp³-hybridized carbons (Fsp3) is 0.304. The minimum atomic E-state index is -4.72. The standard InChI is InChI=1S/C23H23F3N2O4/c1-3-5-15-19(31-4-2)9-7-14-11-16(22(30)32-20(14)15)21(29)28-18-8-6-13(12-27)10-17(18)23(24,25)26/h6-11H,3-5,12,27H2,1-2H3,(H,28,29). The number of ether oxygens (including phenoxy) is 1. The first-order valence-corrected chi connectivity index (χ1v) is 10.1. The maximum absolute atomic E-state index is 13.4. The van der Waals surface area contributed by atoms with Gasteiger partial charge < -0.3 is 20.2 Å². The third-order valence-corrected chi connectivity index (χ3v) is 4.88. The molecule has 1 aromatic heterocycles. The molecule has 9 heteroatoms. The molecule has 3 aromatic rings. The second kappa shape index (κ2) is 9.44. The Morgan fingerprint density at radius 1 is 1.16 bits per heavy atom. The zero-order valence-electron chi connectivity index (χ0n) is 17.6. The summed E-state index contributed by atoms with van der Waals surface area (Å²) in [4.78, 5) is 25.3. The molecule has 32 heavy (non-hydrogen) atoms. The molecular formula is C23H23F3N2O4. The Balaban J connectivity index is 2.04. The summed E-state index contributed by atoms with van der Waals surface area (Å²) in [6.07, 6.45) is -3.36. The van der Waals surface area contributed by atoms with Crippen LogP contribution < -0.4 is 21.4 Å². The molecule has 0 saturated carbocycles. The minimum Gasteiger partial charge on any atom is -0.493 e. The van der Waals surface area contributed by atoms with Gasteiger partial charge in [-0.3, -0.25) is 4.79 Å². The molecule has 2 aromatic carbocycles. The number of nitrogens with two attached hydrogens (primary N) is 1. The topological polar surface area (TPSA) is 94.6 Å². The Morgan fingerprint density at radius 3 is 2.53 bits per heavy atom. The fourth-order valence-electron chi connectivity index (χ4n) is 3.41. The summed E-state index contributed by atoms with van der Waals surface area (Å²) in [7, 11) is 0. The van der Waals surface area contributed by atoms with Crippen molar-refractivity contribution in [3.8, 4) is 5.75 Å². The van der Waals surface area contributed by atoms with E-state index in [1.165, 1.54) is 12.1 Å². The summed E-state index contributed by atoms with van der Waals surface area (Å²) < 4.78 is 51.3. The van der Waals surface area contributed by atoms with Gasteiger partial charge >= 0.3 is 11.8 Å². The van der Waals surface area contributed by atoms with E-state index in [2.05, 4.69) is 5.32 Å². The van der Waals surface area contributed by atoms with Gasteiger partial charge in [0.05, 0.1) is 17.9 Å². The van der Waals surface area contributed by atoms with E-state index in [-0.39, 0.29) is 12.1 Å². The van der Waals surface area contributed by atoms with Crippen LogP contribution in [0.2, 0.25) is 0 Å². The quantitative estimate of drug-likeness (QED) is 0.503. The third-order valence-electron chi connectivity index (χ3n) is 4.88. The number of carbonyl (C=O) groups excluding carboxylic acids is 1. The molecule has 0 aliphatic rings. The van der Waals surface area contributed by atoms with Crippen LogP contribution in [0.25, 0.3) is 11.0 Å². The summed E-state index contributed by atoms with van der Waals surface area (Å²) in [5, 5.41) is 2.65. The number of amides is 1. The van der Waals surface area contributed by atoms with Gasteiger partial charge in [-0.1, -0.05) is 19.4 Å². The smallest absolute Gasteiger partial charge is 0.418 e. The number of anilines is 1. The maximum Gasteiger partial charge on any atom is 0.418 e. The van der Waals surface area contributed by atoms with E-state index in [1.54, 1.807) is 12.1 Å². The zero-order chi connectivity index (χ0) is 23.5. The number of alkyl halides is 3. The highest BCUT2D eigenvalue weighted by atomic mass is 19.4. The van der Waals surface area contributed by atoms with Crippen molar-refractivity contribution < 1.29 is 27.1 Å². The molecule has 0 radical (unpaired) electrons. The second-order valence-electron chi connectivity index (χ2n) is 7.13. The van der Waals surface area contributed by atoms with Crippen LogP contribution in [0.1, 0.15) is 47.3 Å². The molecule has 0 unspecified atom stereocenters. The monoisotopic (exact) mass is 448 g/mol. The molecule has 1 heterocycles. The number of aryl methyl sites for hydroxylation is 1. The molecule has 0 fully saturated rings. The van der Waals surface area contributed by atoms with E-state index in [1.807, 2.05) is 13.8 Å². The molecule has 0 atom stereocenters. The molecule has 3 N–H and O–H groups in total. The van der Waals surface area contributed by atoms with Crippen LogP contribution in [0, 0.1) is 0 Å².